The average molecular weight is 595 g/mol. The number of nitrogens with zero attached hydrogens (tertiary/aromatic N) is 6. The molecule has 2 unspecified atom stereocenters. The average Bonchev–Trinajstić information content (AvgIpc) is 3.29. The van der Waals surface area contributed by atoms with Gasteiger partial charge in [-0.1, -0.05) is 30.3 Å². The van der Waals surface area contributed by atoms with Gasteiger partial charge >= 0.3 is 6.03 Å². The topological polar surface area (TPSA) is 127 Å². The van der Waals surface area contributed by atoms with Crippen LogP contribution in [0.25, 0.3) is 11.4 Å². The van der Waals surface area contributed by atoms with Gasteiger partial charge in [0.25, 0.3) is 0 Å². The van der Waals surface area contributed by atoms with Gasteiger partial charge in [-0.2, -0.15) is 15.0 Å². The predicted octanol–water partition coefficient (Wildman–Crippen LogP) is 3.98. The first-order valence-electron chi connectivity index (χ1n) is 14.9. The number of nitrogens with one attached hydrogen (secondary N) is 2. The lowest BCUT2D eigenvalue weighted by Gasteiger charge is -2.36. The van der Waals surface area contributed by atoms with E-state index in [1.807, 2.05) is 42.5 Å². The minimum absolute atomic E-state index is 0.00147. The van der Waals surface area contributed by atoms with Crippen LogP contribution in [0.3, 0.4) is 0 Å². The summed E-state index contributed by atoms with van der Waals surface area (Å²) < 4.78 is 18.0. The SMILES string of the molecule is O=C(Nc1ccncc1)Nc1ccc(-c2nc(N3CCOCC3)nc(N3C4COCC3[C@H](OCc3ccccc3)C4)n2)cc1. The van der Waals surface area contributed by atoms with Crippen molar-refractivity contribution in [2.75, 3.05) is 60.0 Å². The quantitative estimate of drug-likeness (QED) is 0.309. The summed E-state index contributed by atoms with van der Waals surface area (Å²) in [5.74, 6) is 1.82. The van der Waals surface area contributed by atoms with Crippen LogP contribution < -0.4 is 20.4 Å². The van der Waals surface area contributed by atoms with Crippen LogP contribution in [0.4, 0.5) is 28.1 Å². The summed E-state index contributed by atoms with van der Waals surface area (Å²) in [6.45, 7) is 4.34. The molecule has 3 fully saturated rings. The molecule has 3 atom stereocenters. The molecule has 2 aromatic carbocycles. The van der Waals surface area contributed by atoms with E-state index >= 15 is 0 Å². The van der Waals surface area contributed by atoms with Gasteiger partial charge in [0.15, 0.2) is 5.82 Å². The van der Waals surface area contributed by atoms with Crippen LogP contribution in [0.15, 0.2) is 79.1 Å². The van der Waals surface area contributed by atoms with E-state index in [-0.39, 0.29) is 24.2 Å². The smallest absolute Gasteiger partial charge is 0.323 e. The number of morpholine rings is 2. The van der Waals surface area contributed by atoms with E-state index in [9.17, 15) is 4.79 Å². The van der Waals surface area contributed by atoms with Crippen LogP contribution in [-0.4, -0.2) is 83.7 Å². The lowest BCUT2D eigenvalue weighted by atomic mass is 10.1. The minimum Gasteiger partial charge on any atom is -0.378 e. The number of anilines is 4. The summed E-state index contributed by atoms with van der Waals surface area (Å²) in [7, 11) is 0. The first kappa shape index (κ1) is 28.1. The zero-order valence-corrected chi connectivity index (χ0v) is 24.2. The number of rotatable bonds is 8. The molecule has 4 aromatic rings. The van der Waals surface area contributed by atoms with E-state index in [1.165, 1.54) is 0 Å². The van der Waals surface area contributed by atoms with Gasteiger partial charge in [-0.3, -0.25) is 4.98 Å². The van der Waals surface area contributed by atoms with Gasteiger partial charge in [0, 0.05) is 42.4 Å². The summed E-state index contributed by atoms with van der Waals surface area (Å²) in [6, 6.07) is 20.9. The molecule has 3 saturated heterocycles. The van der Waals surface area contributed by atoms with Crippen LogP contribution in [0.1, 0.15) is 12.0 Å². The molecule has 5 heterocycles. The molecule has 3 aliphatic heterocycles. The second kappa shape index (κ2) is 12.9. The number of hydrogen-bond donors (Lipinski definition) is 2. The Morgan fingerprint density at radius 3 is 2.34 bits per heavy atom. The molecule has 2 bridgehead atoms. The van der Waals surface area contributed by atoms with Gasteiger partial charge in [0.2, 0.25) is 11.9 Å². The summed E-state index contributed by atoms with van der Waals surface area (Å²) in [5.41, 5.74) is 3.27. The van der Waals surface area contributed by atoms with Crippen LogP contribution in [-0.2, 0) is 20.8 Å². The molecule has 7 rings (SSSR count). The molecule has 44 heavy (non-hydrogen) atoms. The second-order valence-electron chi connectivity index (χ2n) is 11.0. The Hall–Kier alpha value is -4.65. The van der Waals surface area contributed by atoms with Crippen molar-refractivity contribution < 1.29 is 19.0 Å². The van der Waals surface area contributed by atoms with Crippen LogP contribution in [0.5, 0.6) is 0 Å². The Bertz CT molecular complexity index is 1550. The lowest BCUT2D eigenvalue weighted by Crippen LogP contribution is -2.49. The number of pyridine rings is 1. The van der Waals surface area contributed by atoms with Crippen molar-refractivity contribution in [2.45, 2.75) is 31.2 Å². The Morgan fingerprint density at radius 2 is 1.57 bits per heavy atom. The lowest BCUT2D eigenvalue weighted by molar-refractivity contribution is 0.0163. The van der Waals surface area contributed by atoms with Crippen molar-refractivity contribution in [2.24, 2.45) is 0 Å². The molecular weight excluding hydrogens is 560 g/mol. The van der Waals surface area contributed by atoms with E-state index < -0.39 is 0 Å². The summed E-state index contributed by atoms with van der Waals surface area (Å²) in [6.07, 6.45) is 4.09. The number of hydrogen-bond acceptors (Lipinski definition) is 10. The van der Waals surface area contributed by atoms with Gasteiger partial charge in [-0.15, -0.1) is 0 Å². The van der Waals surface area contributed by atoms with Crippen molar-refractivity contribution in [3.63, 3.8) is 0 Å². The Morgan fingerprint density at radius 1 is 0.841 bits per heavy atom. The molecule has 2 N–H and O–H groups in total. The highest BCUT2D eigenvalue weighted by molar-refractivity contribution is 5.99. The first-order valence-corrected chi connectivity index (χ1v) is 14.9. The third-order valence-electron chi connectivity index (χ3n) is 8.07. The first-order chi connectivity index (χ1) is 21.7. The number of amides is 2. The van der Waals surface area contributed by atoms with E-state index in [4.69, 9.17) is 29.2 Å². The molecule has 12 nitrogen and oxygen atoms in total. The number of aromatic nitrogens is 4. The molecule has 0 radical (unpaired) electrons. The van der Waals surface area contributed by atoms with E-state index in [2.05, 4.69) is 37.6 Å². The van der Waals surface area contributed by atoms with Crippen molar-refractivity contribution in [1.29, 1.82) is 0 Å². The molecule has 0 spiro atoms. The van der Waals surface area contributed by atoms with Gasteiger partial charge in [-0.05, 0) is 48.4 Å². The monoisotopic (exact) mass is 594 g/mol. The van der Waals surface area contributed by atoms with Gasteiger partial charge in [0.05, 0.1) is 51.2 Å². The Labute approximate surface area is 255 Å². The predicted molar refractivity (Wildman–Crippen MR) is 166 cm³/mol. The Kier molecular flexibility index (Phi) is 8.26. The van der Waals surface area contributed by atoms with Crippen molar-refractivity contribution >= 4 is 29.3 Å². The number of benzene rings is 2. The fourth-order valence-electron chi connectivity index (χ4n) is 5.85. The number of ether oxygens (including phenoxy) is 3. The van der Waals surface area contributed by atoms with E-state index in [0.29, 0.717) is 75.2 Å². The minimum atomic E-state index is -0.340. The van der Waals surface area contributed by atoms with E-state index in [0.717, 1.165) is 17.5 Å². The zero-order valence-electron chi connectivity index (χ0n) is 24.2. The highest BCUT2D eigenvalue weighted by Gasteiger charge is 2.46. The Balaban J connectivity index is 1.13. The maximum absolute atomic E-state index is 12.5. The third-order valence-corrected chi connectivity index (χ3v) is 8.07. The fourth-order valence-corrected chi connectivity index (χ4v) is 5.85. The van der Waals surface area contributed by atoms with Gasteiger partial charge in [0.1, 0.15) is 0 Å². The molecule has 226 valence electrons. The highest BCUT2D eigenvalue weighted by Crippen LogP contribution is 2.36. The van der Waals surface area contributed by atoms with Gasteiger partial charge in [-0.25, -0.2) is 4.79 Å². The molecule has 0 aliphatic carbocycles. The van der Waals surface area contributed by atoms with Crippen molar-refractivity contribution in [3.8, 4) is 11.4 Å². The molecule has 12 heteroatoms. The number of carbonyl (C=O) groups is 1. The second-order valence-corrected chi connectivity index (χ2v) is 11.0. The summed E-state index contributed by atoms with van der Waals surface area (Å²) in [4.78, 5) is 35.7. The standard InChI is InChI=1S/C32H34N8O4/c41-32(35-25-10-12-33-13-11-25)34-24-8-6-23(7-9-24)29-36-30(39-14-16-42-17-15-39)38-31(37-29)40-26-18-28(27(40)21-43-20-26)44-19-22-4-2-1-3-5-22/h1-13,26-28H,14-21H2,(H2,33,34,35,41)/t26?,27?,28-/m1/s1. The van der Waals surface area contributed by atoms with Crippen molar-refractivity contribution in [3.05, 3.63) is 84.7 Å². The van der Waals surface area contributed by atoms with E-state index in [1.54, 1.807) is 24.5 Å². The molecule has 0 saturated carbocycles. The molecular formula is C32H34N8O4. The maximum Gasteiger partial charge on any atom is 0.323 e. The maximum atomic E-state index is 12.5. The van der Waals surface area contributed by atoms with Crippen LogP contribution >= 0.6 is 0 Å². The zero-order chi connectivity index (χ0) is 29.7. The number of urea groups is 1. The normalized spacial score (nSPS) is 21.2. The van der Waals surface area contributed by atoms with Crippen LogP contribution in [0.2, 0.25) is 0 Å². The fraction of sp³-hybridized carbons (Fsp3) is 0.344. The van der Waals surface area contributed by atoms with Crippen LogP contribution in [0, 0.1) is 0 Å². The summed E-state index contributed by atoms with van der Waals surface area (Å²) >= 11 is 0. The largest absolute Gasteiger partial charge is 0.378 e. The summed E-state index contributed by atoms with van der Waals surface area (Å²) in [5, 5.41) is 5.66. The molecule has 3 aliphatic rings. The molecule has 2 amide bonds. The van der Waals surface area contributed by atoms with Gasteiger partial charge < -0.3 is 34.6 Å². The van der Waals surface area contributed by atoms with Crippen molar-refractivity contribution in [1.82, 2.24) is 19.9 Å². The third kappa shape index (κ3) is 6.32. The number of fused-ring (bicyclic) bond motifs is 2. The highest BCUT2D eigenvalue weighted by atomic mass is 16.5. The molecule has 2 aromatic heterocycles. The number of carbonyl (C=O) groups excluding carboxylic acids is 1.